The van der Waals surface area contributed by atoms with Crippen LogP contribution in [-0.4, -0.2) is 42.7 Å². The van der Waals surface area contributed by atoms with Crippen molar-refractivity contribution < 1.29 is 18.3 Å². The number of aliphatic hydroxyl groups excluding tert-OH is 1. The number of aliphatic hydroxyl groups is 1. The van der Waals surface area contributed by atoms with Gasteiger partial charge in [-0.1, -0.05) is 12.1 Å². The summed E-state index contributed by atoms with van der Waals surface area (Å²) in [6, 6.07) is 5.30. The summed E-state index contributed by atoms with van der Waals surface area (Å²) in [6.07, 6.45) is -3.03. The van der Waals surface area contributed by atoms with Crippen LogP contribution in [0.15, 0.2) is 24.3 Å². The van der Waals surface area contributed by atoms with E-state index in [-0.39, 0.29) is 12.1 Å². The minimum atomic E-state index is -4.38. The van der Waals surface area contributed by atoms with Crippen molar-refractivity contribution in [1.82, 2.24) is 10.2 Å². The molecular weight excluding hydrogens is 281 g/mol. The second kappa shape index (κ2) is 6.77. The molecule has 1 aliphatic rings. The number of likely N-dealkylation sites (tertiary alicyclic amines) is 1. The van der Waals surface area contributed by atoms with Crippen molar-refractivity contribution in [3.63, 3.8) is 0 Å². The lowest BCUT2D eigenvalue weighted by Gasteiger charge is -2.21. The zero-order valence-corrected chi connectivity index (χ0v) is 12.0. The van der Waals surface area contributed by atoms with Crippen LogP contribution >= 0.6 is 0 Å². The van der Waals surface area contributed by atoms with Crippen molar-refractivity contribution in [3.05, 3.63) is 35.4 Å². The zero-order chi connectivity index (χ0) is 15.5. The third-order valence-corrected chi connectivity index (χ3v) is 3.99. The van der Waals surface area contributed by atoms with Crippen LogP contribution in [0, 0.1) is 0 Å². The minimum Gasteiger partial charge on any atom is -0.387 e. The van der Waals surface area contributed by atoms with Gasteiger partial charge in [0.25, 0.3) is 0 Å². The van der Waals surface area contributed by atoms with Crippen LogP contribution in [-0.2, 0) is 6.18 Å². The molecule has 0 aliphatic carbocycles. The smallest absolute Gasteiger partial charge is 0.387 e. The molecule has 1 aromatic rings. The third-order valence-electron chi connectivity index (χ3n) is 3.99. The largest absolute Gasteiger partial charge is 0.416 e. The van der Waals surface area contributed by atoms with Crippen molar-refractivity contribution >= 4 is 0 Å². The van der Waals surface area contributed by atoms with Crippen molar-refractivity contribution in [2.45, 2.75) is 31.2 Å². The predicted molar refractivity (Wildman–Crippen MR) is 74.9 cm³/mol. The Kier molecular flexibility index (Phi) is 5.24. The van der Waals surface area contributed by atoms with Gasteiger partial charge in [-0.3, -0.25) is 0 Å². The standard InChI is InChI=1S/C15H21F3N2O/c1-20-7-3-6-13(20)9-19-10-14(21)11-4-2-5-12(8-11)15(16,17)18/h2,4-5,8,13-14,19,21H,3,6-7,9-10H2,1H3. The first-order valence-corrected chi connectivity index (χ1v) is 7.14. The molecule has 0 radical (unpaired) electrons. The molecule has 0 bridgehead atoms. The van der Waals surface area contributed by atoms with E-state index >= 15 is 0 Å². The van der Waals surface area contributed by atoms with Gasteiger partial charge in [0.2, 0.25) is 0 Å². The molecule has 2 N–H and O–H groups in total. The van der Waals surface area contributed by atoms with E-state index in [1.54, 1.807) is 0 Å². The van der Waals surface area contributed by atoms with Gasteiger partial charge in [0.1, 0.15) is 0 Å². The Hall–Kier alpha value is -1.11. The Balaban J connectivity index is 1.87. The zero-order valence-electron chi connectivity index (χ0n) is 12.0. The van der Waals surface area contributed by atoms with E-state index in [0.29, 0.717) is 6.04 Å². The van der Waals surface area contributed by atoms with Crippen LogP contribution in [0.25, 0.3) is 0 Å². The number of halogens is 3. The maximum atomic E-state index is 12.6. The molecule has 1 saturated heterocycles. The van der Waals surface area contributed by atoms with Crippen molar-refractivity contribution in [3.8, 4) is 0 Å². The van der Waals surface area contributed by atoms with E-state index in [1.165, 1.54) is 18.6 Å². The summed E-state index contributed by atoms with van der Waals surface area (Å²) in [5, 5.41) is 13.1. The van der Waals surface area contributed by atoms with Gasteiger partial charge in [0.15, 0.2) is 0 Å². The minimum absolute atomic E-state index is 0.256. The predicted octanol–water partition coefficient (Wildman–Crippen LogP) is 2.42. The summed E-state index contributed by atoms with van der Waals surface area (Å²) in [5.74, 6) is 0. The van der Waals surface area contributed by atoms with Crippen LogP contribution in [0.2, 0.25) is 0 Å². The highest BCUT2D eigenvalue weighted by Gasteiger charge is 2.30. The Morgan fingerprint density at radius 3 is 2.81 bits per heavy atom. The number of hydrogen-bond donors (Lipinski definition) is 2. The third kappa shape index (κ3) is 4.43. The van der Waals surface area contributed by atoms with E-state index in [4.69, 9.17) is 0 Å². The maximum absolute atomic E-state index is 12.6. The summed E-state index contributed by atoms with van der Waals surface area (Å²) in [6.45, 7) is 2.07. The summed E-state index contributed by atoms with van der Waals surface area (Å²) < 4.78 is 37.9. The average molecular weight is 302 g/mol. The van der Waals surface area contributed by atoms with Gasteiger partial charge in [-0.05, 0) is 44.1 Å². The van der Waals surface area contributed by atoms with Crippen LogP contribution in [0.4, 0.5) is 13.2 Å². The normalized spacial score (nSPS) is 21.7. The lowest BCUT2D eigenvalue weighted by atomic mass is 10.1. The molecule has 0 amide bonds. The average Bonchev–Trinajstić information content (AvgIpc) is 2.83. The van der Waals surface area contributed by atoms with Gasteiger partial charge < -0.3 is 15.3 Å². The highest BCUT2D eigenvalue weighted by molar-refractivity contribution is 5.27. The number of nitrogens with zero attached hydrogens (tertiary/aromatic N) is 1. The van der Waals surface area contributed by atoms with Gasteiger partial charge in [-0.25, -0.2) is 0 Å². The first kappa shape index (κ1) is 16.3. The summed E-state index contributed by atoms with van der Waals surface area (Å²) >= 11 is 0. The Morgan fingerprint density at radius 2 is 2.19 bits per heavy atom. The van der Waals surface area contributed by atoms with Crippen LogP contribution < -0.4 is 5.32 Å². The van der Waals surface area contributed by atoms with Crippen LogP contribution in [0.5, 0.6) is 0 Å². The highest BCUT2D eigenvalue weighted by Crippen LogP contribution is 2.30. The quantitative estimate of drug-likeness (QED) is 0.877. The van der Waals surface area contributed by atoms with Gasteiger partial charge in [-0.2, -0.15) is 13.2 Å². The summed E-state index contributed by atoms with van der Waals surface area (Å²) in [5.41, 5.74) is -0.438. The number of likely N-dealkylation sites (N-methyl/N-ethyl adjacent to an activating group) is 1. The fourth-order valence-corrected chi connectivity index (χ4v) is 2.66. The number of rotatable bonds is 5. The summed E-state index contributed by atoms with van der Waals surface area (Å²) in [4.78, 5) is 2.25. The number of nitrogens with one attached hydrogen (secondary N) is 1. The Morgan fingerprint density at radius 1 is 1.43 bits per heavy atom. The molecule has 0 aromatic heterocycles. The molecule has 0 saturated carbocycles. The second-order valence-corrected chi connectivity index (χ2v) is 5.57. The van der Waals surface area contributed by atoms with Crippen molar-refractivity contribution in [2.75, 3.05) is 26.7 Å². The van der Waals surface area contributed by atoms with Gasteiger partial charge in [0.05, 0.1) is 11.7 Å². The van der Waals surface area contributed by atoms with Crippen molar-refractivity contribution in [1.29, 1.82) is 0 Å². The van der Waals surface area contributed by atoms with Crippen LogP contribution in [0.3, 0.4) is 0 Å². The molecule has 0 spiro atoms. The Bertz CT molecular complexity index is 464. The van der Waals surface area contributed by atoms with Gasteiger partial charge >= 0.3 is 6.18 Å². The molecule has 1 aliphatic heterocycles. The Labute approximate surface area is 122 Å². The lowest BCUT2D eigenvalue weighted by molar-refractivity contribution is -0.137. The number of hydrogen-bond acceptors (Lipinski definition) is 3. The number of alkyl halides is 3. The van der Waals surface area contributed by atoms with Crippen molar-refractivity contribution in [2.24, 2.45) is 0 Å². The first-order chi connectivity index (χ1) is 9.88. The van der Waals surface area contributed by atoms with E-state index in [2.05, 4.69) is 17.3 Å². The fraction of sp³-hybridized carbons (Fsp3) is 0.600. The molecule has 2 rings (SSSR count). The molecule has 6 heteroatoms. The summed E-state index contributed by atoms with van der Waals surface area (Å²) in [7, 11) is 2.06. The van der Waals surface area contributed by atoms with E-state index in [1.807, 2.05) is 0 Å². The molecule has 1 fully saturated rings. The molecule has 2 unspecified atom stereocenters. The first-order valence-electron chi connectivity index (χ1n) is 7.14. The van der Waals surface area contributed by atoms with E-state index in [0.717, 1.165) is 31.6 Å². The molecule has 1 heterocycles. The fourth-order valence-electron chi connectivity index (χ4n) is 2.66. The van der Waals surface area contributed by atoms with Gasteiger partial charge in [-0.15, -0.1) is 0 Å². The topological polar surface area (TPSA) is 35.5 Å². The molecule has 118 valence electrons. The molecule has 1 aromatic carbocycles. The molecule has 21 heavy (non-hydrogen) atoms. The van der Waals surface area contributed by atoms with Gasteiger partial charge in [0, 0.05) is 19.1 Å². The van der Waals surface area contributed by atoms with E-state index < -0.39 is 17.8 Å². The highest BCUT2D eigenvalue weighted by atomic mass is 19.4. The van der Waals surface area contributed by atoms with E-state index in [9.17, 15) is 18.3 Å². The number of benzene rings is 1. The molecule has 2 atom stereocenters. The monoisotopic (exact) mass is 302 g/mol. The second-order valence-electron chi connectivity index (χ2n) is 5.57. The lowest BCUT2D eigenvalue weighted by Crippen LogP contribution is -2.37. The van der Waals surface area contributed by atoms with Crippen LogP contribution in [0.1, 0.15) is 30.1 Å². The SMILES string of the molecule is CN1CCCC1CNCC(O)c1cccc(C(F)(F)F)c1. The molecular formula is C15H21F3N2O. The molecule has 3 nitrogen and oxygen atoms in total. The maximum Gasteiger partial charge on any atom is 0.416 e.